The lowest BCUT2D eigenvalue weighted by atomic mass is 10.2. The lowest BCUT2D eigenvalue weighted by Crippen LogP contribution is -2.21. The van der Waals surface area contributed by atoms with Crippen LogP contribution in [0.25, 0.3) is 11.3 Å². The first kappa shape index (κ1) is 24.3. The third-order valence-corrected chi connectivity index (χ3v) is 8.32. The highest BCUT2D eigenvalue weighted by Crippen LogP contribution is 2.24. The van der Waals surface area contributed by atoms with E-state index in [-0.39, 0.29) is 20.4 Å². The second-order valence-electron chi connectivity index (χ2n) is 7.05. The molecule has 10 nitrogen and oxygen atoms in total. The van der Waals surface area contributed by atoms with Gasteiger partial charge < -0.3 is 4.42 Å². The van der Waals surface area contributed by atoms with E-state index in [2.05, 4.69) is 15.2 Å². The molecular weight excluding hydrogens is 512 g/mol. The van der Waals surface area contributed by atoms with Crippen molar-refractivity contribution < 1.29 is 26.0 Å². The van der Waals surface area contributed by atoms with Crippen LogP contribution in [-0.4, -0.2) is 29.0 Å². The van der Waals surface area contributed by atoms with Crippen LogP contribution in [0.2, 0.25) is 0 Å². The maximum absolute atomic E-state index is 12.6. The Kier molecular flexibility index (Phi) is 6.84. The van der Waals surface area contributed by atoms with Gasteiger partial charge in [-0.05, 0) is 60.0 Å². The lowest BCUT2D eigenvalue weighted by Gasteiger charge is -2.10. The summed E-state index contributed by atoms with van der Waals surface area (Å²) < 4.78 is 56.0. The van der Waals surface area contributed by atoms with E-state index in [4.69, 9.17) is 9.56 Å². The number of amides is 1. The molecule has 0 atom stereocenters. The molecule has 0 aliphatic heterocycles. The molecule has 0 saturated heterocycles. The Balaban J connectivity index is 1.44. The van der Waals surface area contributed by atoms with Gasteiger partial charge >= 0.3 is 0 Å². The number of primary sulfonamides is 1. The van der Waals surface area contributed by atoms with Gasteiger partial charge in [0.2, 0.25) is 10.0 Å². The van der Waals surface area contributed by atoms with Crippen LogP contribution in [0.5, 0.6) is 0 Å². The Morgan fingerprint density at radius 3 is 2.37 bits per heavy atom. The molecular formula is C22H18N4O6S3. The van der Waals surface area contributed by atoms with Crippen LogP contribution in [0, 0.1) is 0 Å². The van der Waals surface area contributed by atoms with Crippen molar-refractivity contribution in [2.45, 2.75) is 9.10 Å². The summed E-state index contributed by atoms with van der Waals surface area (Å²) in [6.07, 6.45) is 1.28. The average molecular weight is 531 g/mol. The van der Waals surface area contributed by atoms with Gasteiger partial charge in [0.25, 0.3) is 15.9 Å². The molecule has 0 fully saturated rings. The molecule has 4 N–H and O–H groups in total. The number of para-hydroxylation sites is 1. The van der Waals surface area contributed by atoms with Crippen LogP contribution in [0.1, 0.15) is 16.1 Å². The van der Waals surface area contributed by atoms with Crippen molar-refractivity contribution in [1.29, 1.82) is 0 Å². The Bertz CT molecular complexity index is 1590. The zero-order valence-corrected chi connectivity index (χ0v) is 20.2. The van der Waals surface area contributed by atoms with E-state index in [1.165, 1.54) is 36.5 Å². The molecule has 0 aliphatic carbocycles. The summed E-state index contributed by atoms with van der Waals surface area (Å²) in [7, 11) is -7.62. The largest absolute Gasteiger partial charge is 0.455 e. The fourth-order valence-corrected chi connectivity index (χ4v) is 5.57. The Labute approximate surface area is 205 Å². The van der Waals surface area contributed by atoms with E-state index in [9.17, 15) is 21.6 Å². The number of nitrogens with zero attached hydrogens (tertiary/aromatic N) is 1. The van der Waals surface area contributed by atoms with Crippen molar-refractivity contribution in [2.75, 3.05) is 4.72 Å². The van der Waals surface area contributed by atoms with Gasteiger partial charge in [-0.3, -0.25) is 9.52 Å². The number of hydrogen-bond donors (Lipinski definition) is 3. The smallest absolute Gasteiger partial charge is 0.273 e. The van der Waals surface area contributed by atoms with E-state index in [0.717, 1.165) is 11.3 Å². The second kappa shape index (κ2) is 9.84. The summed E-state index contributed by atoms with van der Waals surface area (Å²) in [5, 5.41) is 10.6. The molecule has 35 heavy (non-hydrogen) atoms. The molecule has 0 bridgehead atoms. The maximum atomic E-state index is 12.6. The Morgan fingerprint density at radius 2 is 1.69 bits per heavy atom. The summed E-state index contributed by atoms with van der Waals surface area (Å²) in [4.78, 5) is 12.6. The Hall–Kier alpha value is -3.78. The number of nitrogens with one attached hydrogen (secondary N) is 2. The van der Waals surface area contributed by atoms with Crippen LogP contribution in [0.3, 0.4) is 0 Å². The highest BCUT2D eigenvalue weighted by molar-refractivity contribution is 7.94. The van der Waals surface area contributed by atoms with Crippen LogP contribution < -0.4 is 15.3 Å². The topological polar surface area (TPSA) is 161 Å². The fraction of sp³-hybridized carbons (Fsp3) is 0. The van der Waals surface area contributed by atoms with Gasteiger partial charge in [-0.15, -0.1) is 11.3 Å². The van der Waals surface area contributed by atoms with Crippen molar-refractivity contribution >= 4 is 49.2 Å². The van der Waals surface area contributed by atoms with Crippen molar-refractivity contribution in [3.05, 3.63) is 89.5 Å². The number of benzene rings is 2. The third kappa shape index (κ3) is 5.84. The molecule has 1 amide bonds. The minimum absolute atomic E-state index is 0.0183. The van der Waals surface area contributed by atoms with Gasteiger partial charge in [0.15, 0.2) is 0 Å². The number of hydrazone groups is 1. The van der Waals surface area contributed by atoms with E-state index in [1.54, 1.807) is 47.8 Å². The summed E-state index contributed by atoms with van der Waals surface area (Å²) >= 11 is 1.06. The maximum Gasteiger partial charge on any atom is 0.273 e. The minimum Gasteiger partial charge on any atom is -0.455 e. The molecule has 0 spiro atoms. The third-order valence-electron chi connectivity index (χ3n) is 4.63. The normalized spacial score (nSPS) is 12.0. The number of rotatable bonds is 8. The van der Waals surface area contributed by atoms with Gasteiger partial charge in [0.05, 0.1) is 22.4 Å². The van der Waals surface area contributed by atoms with Gasteiger partial charge in [0, 0.05) is 5.56 Å². The summed E-state index contributed by atoms with van der Waals surface area (Å²) in [6.45, 7) is 0. The molecule has 13 heteroatoms. The van der Waals surface area contributed by atoms with Gasteiger partial charge in [0.1, 0.15) is 15.7 Å². The van der Waals surface area contributed by atoms with E-state index in [1.807, 2.05) is 0 Å². The molecule has 2 heterocycles. The number of carbonyl (C=O) groups excluding carboxylic acids is 1. The average Bonchev–Trinajstić information content (AvgIpc) is 3.52. The highest BCUT2D eigenvalue weighted by Gasteiger charge is 2.19. The number of furan rings is 1. The van der Waals surface area contributed by atoms with Crippen molar-refractivity contribution in [3.63, 3.8) is 0 Å². The summed E-state index contributed by atoms with van der Waals surface area (Å²) in [6, 6.07) is 18.3. The molecule has 4 rings (SSSR count). The minimum atomic E-state index is -3.83. The second-order valence-corrected chi connectivity index (χ2v) is 11.5. The van der Waals surface area contributed by atoms with E-state index < -0.39 is 26.0 Å². The van der Waals surface area contributed by atoms with Crippen LogP contribution in [0.4, 0.5) is 5.69 Å². The van der Waals surface area contributed by atoms with Crippen molar-refractivity contribution in [2.24, 2.45) is 10.2 Å². The molecule has 2 aromatic heterocycles. The van der Waals surface area contributed by atoms with E-state index >= 15 is 0 Å². The molecule has 0 unspecified atom stereocenters. The number of sulfonamides is 2. The predicted molar refractivity (Wildman–Crippen MR) is 132 cm³/mol. The number of nitrogens with two attached hydrogens (primary N) is 1. The number of hydrogen-bond acceptors (Lipinski definition) is 8. The van der Waals surface area contributed by atoms with E-state index in [0.29, 0.717) is 17.1 Å². The van der Waals surface area contributed by atoms with Gasteiger partial charge in [-0.25, -0.2) is 27.4 Å². The monoisotopic (exact) mass is 530 g/mol. The number of carbonyl (C=O) groups is 1. The number of anilines is 1. The molecule has 0 radical (unpaired) electrons. The van der Waals surface area contributed by atoms with Crippen molar-refractivity contribution in [1.82, 2.24) is 5.43 Å². The molecule has 4 aromatic rings. The predicted octanol–water partition coefficient (Wildman–Crippen LogP) is 3.22. The lowest BCUT2D eigenvalue weighted by molar-refractivity contribution is 0.0956. The number of thiophene rings is 1. The summed E-state index contributed by atoms with van der Waals surface area (Å²) in [5.74, 6) is 0.144. The SMILES string of the molecule is NS(=O)(=O)c1ccc(-c2ccc(C=NNC(=O)c3ccccc3NS(=O)(=O)c3cccs3)o2)cc1. The zero-order valence-electron chi connectivity index (χ0n) is 17.8. The zero-order chi connectivity index (χ0) is 25.1. The Morgan fingerprint density at radius 1 is 0.943 bits per heavy atom. The summed E-state index contributed by atoms with van der Waals surface area (Å²) in [5.41, 5.74) is 3.15. The van der Waals surface area contributed by atoms with Crippen LogP contribution >= 0.6 is 11.3 Å². The molecule has 0 aliphatic rings. The quantitative estimate of drug-likeness (QED) is 0.234. The standard InChI is InChI=1S/C22H18N4O6S3/c23-34(28,29)17-10-7-15(8-11-17)20-12-9-16(32-20)14-24-25-22(27)18-4-1-2-5-19(18)26-35(30,31)21-6-3-13-33-21/h1-14,26H,(H,25,27)(H2,23,28,29). The first-order valence-electron chi connectivity index (χ1n) is 9.85. The van der Waals surface area contributed by atoms with Crippen molar-refractivity contribution in [3.8, 4) is 11.3 Å². The van der Waals surface area contributed by atoms with Crippen LogP contribution in [-0.2, 0) is 20.0 Å². The van der Waals surface area contributed by atoms with Crippen LogP contribution in [0.15, 0.2) is 96.8 Å². The molecule has 180 valence electrons. The van der Waals surface area contributed by atoms with Gasteiger partial charge in [-0.1, -0.05) is 18.2 Å². The first-order chi connectivity index (χ1) is 16.6. The highest BCUT2D eigenvalue weighted by atomic mass is 32.2. The fourth-order valence-electron chi connectivity index (χ4n) is 2.98. The first-order valence-corrected chi connectivity index (χ1v) is 13.8. The molecule has 0 saturated carbocycles. The van der Waals surface area contributed by atoms with Gasteiger partial charge in [-0.2, -0.15) is 5.10 Å². The molecule has 2 aromatic carbocycles.